The molecule has 4 rings (SSSR count). The summed E-state index contributed by atoms with van der Waals surface area (Å²) in [5.74, 6) is 1.40. The standard InChI is InChI=1S/C20H22N4O/c1-13-6-7-14(2)16(11-13)20(25)24-10-8-15(12-24)18-22-17-5-4-9-21-19(17)23(18)3/h4-7,9,11,15H,8,10,12H2,1-3H3/t15-/m1/s1. The molecule has 2 aromatic heterocycles. The Kier molecular flexibility index (Phi) is 3.79. The molecule has 0 saturated carbocycles. The van der Waals surface area contributed by atoms with Gasteiger partial charge in [-0.2, -0.15) is 0 Å². The zero-order valence-corrected chi connectivity index (χ0v) is 14.9. The van der Waals surface area contributed by atoms with Crippen LogP contribution < -0.4 is 0 Å². The van der Waals surface area contributed by atoms with Crippen molar-refractivity contribution in [1.29, 1.82) is 0 Å². The highest BCUT2D eigenvalue weighted by Gasteiger charge is 2.31. The molecule has 5 heteroatoms. The predicted octanol–water partition coefficient (Wildman–Crippen LogP) is 3.21. The van der Waals surface area contributed by atoms with E-state index < -0.39 is 0 Å². The van der Waals surface area contributed by atoms with Gasteiger partial charge in [0.1, 0.15) is 11.3 Å². The lowest BCUT2D eigenvalue weighted by Crippen LogP contribution is -2.29. The Labute approximate surface area is 147 Å². The van der Waals surface area contributed by atoms with Crippen LogP contribution in [0.5, 0.6) is 0 Å². The zero-order valence-electron chi connectivity index (χ0n) is 14.9. The number of likely N-dealkylation sites (tertiary alicyclic amines) is 1. The SMILES string of the molecule is Cc1ccc(C)c(C(=O)N2CC[C@@H](c3nc4cccnc4n3C)C2)c1. The summed E-state index contributed by atoms with van der Waals surface area (Å²) in [4.78, 5) is 24.1. The molecule has 3 aromatic rings. The van der Waals surface area contributed by atoms with Crippen molar-refractivity contribution in [2.45, 2.75) is 26.2 Å². The van der Waals surface area contributed by atoms with Crippen molar-refractivity contribution < 1.29 is 4.79 Å². The Morgan fingerprint density at radius 3 is 2.88 bits per heavy atom. The fourth-order valence-corrected chi connectivity index (χ4v) is 3.70. The molecule has 1 atom stereocenters. The fourth-order valence-electron chi connectivity index (χ4n) is 3.70. The Morgan fingerprint density at radius 1 is 1.24 bits per heavy atom. The monoisotopic (exact) mass is 334 g/mol. The van der Waals surface area contributed by atoms with E-state index in [1.807, 2.05) is 56.1 Å². The van der Waals surface area contributed by atoms with Crippen LogP contribution in [0.15, 0.2) is 36.5 Å². The Balaban J connectivity index is 1.59. The number of rotatable bonds is 2. The number of imidazole rings is 1. The summed E-state index contributed by atoms with van der Waals surface area (Å²) < 4.78 is 2.06. The van der Waals surface area contributed by atoms with E-state index in [1.54, 1.807) is 6.20 Å². The van der Waals surface area contributed by atoms with Crippen LogP contribution in [0.3, 0.4) is 0 Å². The molecule has 5 nitrogen and oxygen atoms in total. The maximum atomic E-state index is 12.9. The predicted molar refractivity (Wildman–Crippen MR) is 97.7 cm³/mol. The number of benzene rings is 1. The van der Waals surface area contributed by atoms with Gasteiger partial charge in [0.15, 0.2) is 5.65 Å². The molecular weight excluding hydrogens is 312 g/mol. The number of fused-ring (bicyclic) bond motifs is 1. The van der Waals surface area contributed by atoms with Crippen molar-refractivity contribution in [3.63, 3.8) is 0 Å². The lowest BCUT2D eigenvalue weighted by atomic mass is 10.0. The maximum Gasteiger partial charge on any atom is 0.254 e. The van der Waals surface area contributed by atoms with Gasteiger partial charge in [-0.25, -0.2) is 9.97 Å². The second kappa shape index (κ2) is 5.99. The molecule has 1 aliphatic heterocycles. The first-order chi connectivity index (χ1) is 12.0. The first kappa shape index (κ1) is 15.8. The first-order valence-electron chi connectivity index (χ1n) is 8.68. The van der Waals surface area contributed by atoms with Gasteiger partial charge in [0.2, 0.25) is 0 Å². The molecular formula is C20H22N4O. The third-order valence-corrected chi connectivity index (χ3v) is 5.13. The van der Waals surface area contributed by atoms with Gasteiger partial charge in [0.25, 0.3) is 5.91 Å². The average Bonchev–Trinajstić information content (AvgIpc) is 3.22. The van der Waals surface area contributed by atoms with Crippen molar-refractivity contribution >= 4 is 17.1 Å². The number of hydrogen-bond acceptors (Lipinski definition) is 3. The Bertz CT molecular complexity index is 959. The number of aryl methyl sites for hydroxylation is 3. The first-order valence-corrected chi connectivity index (χ1v) is 8.68. The van der Waals surface area contributed by atoms with E-state index in [9.17, 15) is 4.79 Å². The third-order valence-electron chi connectivity index (χ3n) is 5.13. The van der Waals surface area contributed by atoms with E-state index in [-0.39, 0.29) is 11.8 Å². The largest absolute Gasteiger partial charge is 0.338 e. The maximum absolute atomic E-state index is 12.9. The second-order valence-corrected chi connectivity index (χ2v) is 6.93. The van der Waals surface area contributed by atoms with Crippen LogP contribution in [0, 0.1) is 13.8 Å². The van der Waals surface area contributed by atoms with Gasteiger partial charge in [0, 0.05) is 37.8 Å². The molecule has 128 valence electrons. The minimum absolute atomic E-state index is 0.126. The number of carbonyl (C=O) groups excluding carboxylic acids is 1. The van der Waals surface area contributed by atoms with Gasteiger partial charge in [-0.15, -0.1) is 0 Å². The lowest BCUT2D eigenvalue weighted by Gasteiger charge is -2.18. The number of pyridine rings is 1. The van der Waals surface area contributed by atoms with E-state index in [2.05, 4.69) is 9.55 Å². The summed E-state index contributed by atoms with van der Waals surface area (Å²) >= 11 is 0. The summed E-state index contributed by atoms with van der Waals surface area (Å²) in [5.41, 5.74) is 4.78. The number of hydrogen-bond donors (Lipinski definition) is 0. The van der Waals surface area contributed by atoms with Crippen LogP contribution in [0.25, 0.3) is 11.2 Å². The molecule has 1 aliphatic rings. The summed E-state index contributed by atoms with van der Waals surface area (Å²) in [6.07, 6.45) is 2.73. The van der Waals surface area contributed by atoms with Gasteiger partial charge in [-0.1, -0.05) is 17.7 Å². The molecule has 0 spiro atoms. The summed E-state index contributed by atoms with van der Waals surface area (Å²) in [6, 6.07) is 9.95. The van der Waals surface area contributed by atoms with E-state index >= 15 is 0 Å². The average molecular weight is 334 g/mol. The van der Waals surface area contributed by atoms with E-state index in [0.717, 1.165) is 46.6 Å². The molecule has 3 heterocycles. The molecule has 0 aliphatic carbocycles. The minimum atomic E-state index is 0.126. The summed E-state index contributed by atoms with van der Waals surface area (Å²) in [7, 11) is 2.01. The van der Waals surface area contributed by atoms with Crippen molar-refractivity contribution in [3.8, 4) is 0 Å². The van der Waals surface area contributed by atoms with Crippen LogP contribution in [0.1, 0.15) is 39.6 Å². The summed E-state index contributed by atoms with van der Waals surface area (Å²) in [6.45, 7) is 5.50. The molecule has 0 N–H and O–H groups in total. The highest BCUT2D eigenvalue weighted by atomic mass is 16.2. The van der Waals surface area contributed by atoms with Gasteiger partial charge >= 0.3 is 0 Å². The van der Waals surface area contributed by atoms with Crippen molar-refractivity contribution in [1.82, 2.24) is 19.4 Å². The van der Waals surface area contributed by atoms with E-state index in [4.69, 9.17) is 4.98 Å². The smallest absolute Gasteiger partial charge is 0.254 e. The highest BCUT2D eigenvalue weighted by Crippen LogP contribution is 2.29. The molecule has 0 unspecified atom stereocenters. The number of amides is 1. The van der Waals surface area contributed by atoms with Gasteiger partial charge < -0.3 is 9.47 Å². The fraction of sp³-hybridized carbons (Fsp3) is 0.350. The minimum Gasteiger partial charge on any atom is -0.338 e. The Hall–Kier alpha value is -2.69. The highest BCUT2D eigenvalue weighted by molar-refractivity contribution is 5.96. The van der Waals surface area contributed by atoms with Crippen molar-refractivity contribution in [2.75, 3.05) is 13.1 Å². The normalized spacial score (nSPS) is 17.4. The number of carbonyl (C=O) groups is 1. The third kappa shape index (κ3) is 2.69. The molecule has 0 radical (unpaired) electrons. The lowest BCUT2D eigenvalue weighted by molar-refractivity contribution is 0.0789. The molecule has 1 aromatic carbocycles. The van der Waals surface area contributed by atoms with Crippen molar-refractivity contribution in [2.24, 2.45) is 7.05 Å². The number of aromatic nitrogens is 3. The van der Waals surface area contributed by atoms with Crippen molar-refractivity contribution in [3.05, 3.63) is 59.0 Å². The molecule has 1 fully saturated rings. The van der Waals surface area contributed by atoms with Crippen LogP contribution >= 0.6 is 0 Å². The summed E-state index contributed by atoms with van der Waals surface area (Å²) in [5, 5.41) is 0. The van der Waals surface area contributed by atoms with Gasteiger partial charge in [0.05, 0.1) is 0 Å². The van der Waals surface area contributed by atoms with Gasteiger partial charge in [-0.05, 0) is 44.0 Å². The molecule has 1 amide bonds. The zero-order chi connectivity index (χ0) is 17.6. The van der Waals surface area contributed by atoms with Gasteiger partial charge in [-0.3, -0.25) is 4.79 Å². The Morgan fingerprint density at radius 2 is 2.08 bits per heavy atom. The number of nitrogens with zero attached hydrogens (tertiary/aromatic N) is 4. The quantitative estimate of drug-likeness (QED) is 0.723. The van der Waals surface area contributed by atoms with Crippen LogP contribution in [0.4, 0.5) is 0 Å². The van der Waals surface area contributed by atoms with Crippen LogP contribution in [-0.2, 0) is 7.05 Å². The van der Waals surface area contributed by atoms with Crippen LogP contribution in [-0.4, -0.2) is 38.4 Å². The second-order valence-electron chi connectivity index (χ2n) is 6.93. The topological polar surface area (TPSA) is 51.0 Å². The molecule has 1 saturated heterocycles. The van der Waals surface area contributed by atoms with E-state index in [1.165, 1.54) is 0 Å². The van der Waals surface area contributed by atoms with E-state index in [0.29, 0.717) is 6.54 Å². The molecule has 0 bridgehead atoms. The van der Waals surface area contributed by atoms with Crippen LogP contribution in [0.2, 0.25) is 0 Å². The molecule has 25 heavy (non-hydrogen) atoms.